The van der Waals surface area contributed by atoms with E-state index in [1.807, 2.05) is 19.1 Å². The summed E-state index contributed by atoms with van der Waals surface area (Å²) >= 11 is 1.50. The molecule has 7 heteroatoms. The van der Waals surface area contributed by atoms with Crippen molar-refractivity contribution in [1.29, 1.82) is 0 Å². The number of carbonyl (C=O) groups is 3. The van der Waals surface area contributed by atoms with E-state index < -0.39 is 5.91 Å². The molecule has 28 heavy (non-hydrogen) atoms. The Balaban J connectivity index is 1.47. The zero-order valence-electron chi connectivity index (χ0n) is 16.0. The Bertz CT molecular complexity index is 850. The molecule has 3 rings (SSSR count). The van der Waals surface area contributed by atoms with Crippen molar-refractivity contribution >= 4 is 29.1 Å². The summed E-state index contributed by atoms with van der Waals surface area (Å²) in [5.74, 6) is -1.14. The molecule has 0 atom stereocenters. The van der Waals surface area contributed by atoms with Gasteiger partial charge in [0.05, 0.1) is 11.4 Å². The maximum absolute atomic E-state index is 12.3. The molecule has 0 aliphatic heterocycles. The molecule has 1 aliphatic carbocycles. The first-order chi connectivity index (χ1) is 13.5. The summed E-state index contributed by atoms with van der Waals surface area (Å²) in [7, 11) is 0. The first-order valence-electron chi connectivity index (χ1n) is 9.58. The average molecular weight is 400 g/mol. The molecule has 1 aliphatic rings. The smallest absolute Gasteiger partial charge is 0.279 e. The average Bonchev–Trinajstić information content (AvgIpc) is 3.06. The number of nitrogens with one attached hydrogen (secondary N) is 3. The van der Waals surface area contributed by atoms with Crippen molar-refractivity contribution in [2.45, 2.75) is 45.4 Å². The highest BCUT2D eigenvalue weighted by molar-refractivity contribution is 7.14. The molecule has 0 radical (unpaired) electrons. The van der Waals surface area contributed by atoms with Crippen molar-refractivity contribution in [2.75, 3.05) is 6.54 Å². The summed E-state index contributed by atoms with van der Waals surface area (Å²) in [6.45, 7) is 1.68. The van der Waals surface area contributed by atoms with Gasteiger partial charge in [-0.1, -0.05) is 30.5 Å². The molecule has 0 saturated heterocycles. The van der Waals surface area contributed by atoms with Crippen LogP contribution >= 0.6 is 11.3 Å². The maximum atomic E-state index is 12.3. The van der Waals surface area contributed by atoms with Crippen molar-refractivity contribution in [1.82, 2.24) is 16.2 Å². The molecule has 0 fully saturated rings. The zero-order valence-corrected chi connectivity index (χ0v) is 16.8. The van der Waals surface area contributed by atoms with Crippen LogP contribution in [0.1, 0.15) is 61.7 Å². The van der Waals surface area contributed by atoms with E-state index in [0.29, 0.717) is 10.4 Å². The van der Waals surface area contributed by atoms with Crippen molar-refractivity contribution < 1.29 is 14.4 Å². The second kappa shape index (κ2) is 9.50. The fourth-order valence-corrected chi connectivity index (χ4v) is 4.39. The molecular formula is C21H25N3O3S. The number of hydrazine groups is 1. The van der Waals surface area contributed by atoms with Crippen LogP contribution in [0.5, 0.6) is 0 Å². The Hall–Kier alpha value is -2.67. The van der Waals surface area contributed by atoms with Gasteiger partial charge in [0.1, 0.15) is 0 Å². The number of fused-ring (bicyclic) bond motifs is 1. The summed E-state index contributed by atoms with van der Waals surface area (Å²) in [6, 6.07) is 9.05. The van der Waals surface area contributed by atoms with Crippen LogP contribution in [0.2, 0.25) is 0 Å². The molecule has 148 valence electrons. The van der Waals surface area contributed by atoms with Crippen LogP contribution in [0.25, 0.3) is 0 Å². The topological polar surface area (TPSA) is 87.3 Å². The van der Waals surface area contributed by atoms with Gasteiger partial charge in [0, 0.05) is 10.4 Å². The molecule has 2 aromatic rings. The number of rotatable bonds is 4. The highest BCUT2D eigenvalue weighted by Crippen LogP contribution is 2.28. The third-order valence-corrected chi connectivity index (χ3v) is 5.96. The fourth-order valence-electron chi connectivity index (χ4n) is 3.24. The molecule has 1 aromatic heterocycles. The molecule has 0 unspecified atom stereocenters. The summed E-state index contributed by atoms with van der Waals surface area (Å²) in [4.78, 5) is 38.2. The molecule has 3 N–H and O–H groups in total. The van der Waals surface area contributed by atoms with E-state index in [9.17, 15) is 14.4 Å². The second-order valence-corrected chi connectivity index (χ2v) is 8.16. The quantitative estimate of drug-likeness (QED) is 0.691. The SMILES string of the molecule is Cc1cccc(C(=O)NCC(=O)NNC(=O)c2cc3c(s2)CCCCCC3)c1. The Morgan fingerprint density at radius 3 is 2.54 bits per heavy atom. The first-order valence-corrected chi connectivity index (χ1v) is 10.4. The van der Waals surface area contributed by atoms with Crippen LogP contribution < -0.4 is 16.2 Å². The number of hydrogen-bond acceptors (Lipinski definition) is 4. The standard InChI is InChI=1S/C21H25N3O3S/c1-14-7-6-9-16(11-14)20(26)22-13-19(25)23-24-21(27)18-12-15-8-4-2-3-5-10-17(15)28-18/h6-7,9,11-12H,2-5,8,10,13H2,1H3,(H,22,26)(H,23,25)(H,24,27). The monoisotopic (exact) mass is 399 g/mol. The van der Waals surface area contributed by atoms with Crippen LogP contribution in [0.15, 0.2) is 30.3 Å². The Morgan fingerprint density at radius 2 is 1.75 bits per heavy atom. The lowest BCUT2D eigenvalue weighted by Crippen LogP contribution is -2.46. The Kier molecular flexibility index (Phi) is 6.81. The molecule has 3 amide bonds. The summed E-state index contributed by atoms with van der Waals surface area (Å²) in [6.07, 6.45) is 6.82. The van der Waals surface area contributed by atoms with Crippen molar-refractivity contribution in [3.63, 3.8) is 0 Å². The van der Waals surface area contributed by atoms with Crippen molar-refractivity contribution in [3.05, 3.63) is 56.8 Å². The number of carbonyl (C=O) groups excluding carboxylic acids is 3. The predicted molar refractivity (Wildman–Crippen MR) is 109 cm³/mol. The third-order valence-electron chi connectivity index (χ3n) is 4.73. The fraction of sp³-hybridized carbons (Fsp3) is 0.381. The highest BCUT2D eigenvalue weighted by atomic mass is 32.1. The van der Waals surface area contributed by atoms with Gasteiger partial charge in [0.2, 0.25) is 0 Å². The molecule has 1 heterocycles. The van der Waals surface area contributed by atoms with Gasteiger partial charge < -0.3 is 5.32 Å². The van der Waals surface area contributed by atoms with Crippen LogP contribution in [0.4, 0.5) is 0 Å². The molecular weight excluding hydrogens is 374 g/mol. The second-order valence-electron chi connectivity index (χ2n) is 7.03. The van der Waals surface area contributed by atoms with Gasteiger partial charge in [-0.25, -0.2) is 0 Å². The van der Waals surface area contributed by atoms with E-state index in [1.54, 1.807) is 18.2 Å². The molecule has 0 bridgehead atoms. The van der Waals surface area contributed by atoms with E-state index in [2.05, 4.69) is 16.2 Å². The maximum Gasteiger partial charge on any atom is 0.279 e. The van der Waals surface area contributed by atoms with E-state index in [0.717, 1.165) is 31.2 Å². The van der Waals surface area contributed by atoms with Gasteiger partial charge in [0.15, 0.2) is 0 Å². The van der Waals surface area contributed by atoms with Crippen LogP contribution in [-0.4, -0.2) is 24.3 Å². The molecule has 0 saturated carbocycles. The van der Waals surface area contributed by atoms with Gasteiger partial charge in [-0.2, -0.15) is 0 Å². The molecule has 1 aromatic carbocycles. The summed E-state index contributed by atoms with van der Waals surface area (Å²) in [5, 5.41) is 2.54. The van der Waals surface area contributed by atoms with Gasteiger partial charge >= 0.3 is 0 Å². The lowest BCUT2D eigenvalue weighted by atomic mass is 10.00. The largest absolute Gasteiger partial charge is 0.343 e. The molecule has 6 nitrogen and oxygen atoms in total. The van der Waals surface area contributed by atoms with Crippen LogP contribution in [-0.2, 0) is 17.6 Å². The third kappa shape index (κ3) is 5.42. The number of aryl methyl sites for hydroxylation is 3. The minimum Gasteiger partial charge on any atom is -0.343 e. The highest BCUT2D eigenvalue weighted by Gasteiger charge is 2.16. The Morgan fingerprint density at radius 1 is 0.964 bits per heavy atom. The molecule has 0 spiro atoms. The van der Waals surface area contributed by atoms with Gasteiger partial charge in [-0.3, -0.25) is 25.2 Å². The minimum atomic E-state index is -0.482. The van der Waals surface area contributed by atoms with Gasteiger partial charge in [-0.15, -0.1) is 11.3 Å². The number of benzene rings is 1. The first kappa shape index (κ1) is 20.1. The van der Waals surface area contributed by atoms with Gasteiger partial charge in [0.25, 0.3) is 17.7 Å². The van der Waals surface area contributed by atoms with Crippen LogP contribution in [0.3, 0.4) is 0 Å². The summed E-state index contributed by atoms with van der Waals surface area (Å²) in [5.41, 5.74) is 7.51. The lowest BCUT2D eigenvalue weighted by Gasteiger charge is -2.08. The van der Waals surface area contributed by atoms with Crippen molar-refractivity contribution in [3.8, 4) is 0 Å². The number of amides is 3. The van der Waals surface area contributed by atoms with E-state index in [-0.39, 0.29) is 18.4 Å². The van der Waals surface area contributed by atoms with Crippen molar-refractivity contribution in [2.24, 2.45) is 0 Å². The minimum absolute atomic E-state index is 0.214. The Labute approximate surface area is 168 Å². The van der Waals surface area contributed by atoms with Gasteiger partial charge in [-0.05, 0) is 56.4 Å². The van der Waals surface area contributed by atoms with Crippen LogP contribution in [0, 0.1) is 6.92 Å². The lowest BCUT2D eigenvalue weighted by molar-refractivity contribution is -0.120. The van der Waals surface area contributed by atoms with E-state index in [1.165, 1.54) is 34.6 Å². The normalized spacial score (nSPS) is 13.6. The summed E-state index contributed by atoms with van der Waals surface area (Å²) < 4.78 is 0. The zero-order chi connectivity index (χ0) is 19.9. The number of thiophene rings is 1. The number of hydrogen-bond donors (Lipinski definition) is 3. The van der Waals surface area contributed by atoms with E-state index in [4.69, 9.17) is 0 Å². The van der Waals surface area contributed by atoms with E-state index >= 15 is 0 Å². The predicted octanol–water partition coefficient (Wildman–Crippen LogP) is 2.91.